The van der Waals surface area contributed by atoms with Crippen molar-refractivity contribution in [2.24, 2.45) is 0 Å². The molecule has 17 heavy (non-hydrogen) atoms. The van der Waals surface area contributed by atoms with Crippen LogP contribution in [0.2, 0.25) is 0 Å². The van der Waals surface area contributed by atoms with Crippen LogP contribution in [0.4, 0.5) is 0 Å². The van der Waals surface area contributed by atoms with Crippen molar-refractivity contribution in [1.29, 1.82) is 0 Å². The molecule has 0 aromatic carbocycles. The maximum absolute atomic E-state index is 11.3. The van der Waals surface area contributed by atoms with E-state index in [0.29, 0.717) is 13.0 Å². The van der Waals surface area contributed by atoms with Gasteiger partial charge in [-0.15, -0.1) is 0 Å². The summed E-state index contributed by atoms with van der Waals surface area (Å²) in [6, 6.07) is 0. The van der Waals surface area contributed by atoms with Gasteiger partial charge in [0.1, 0.15) is 6.10 Å². The molecule has 3 heteroatoms. The summed E-state index contributed by atoms with van der Waals surface area (Å²) in [6.07, 6.45) is 7.46. The van der Waals surface area contributed by atoms with Crippen LogP contribution in [0, 0.1) is 0 Å². The minimum Gasteiger partial charge on any atom is -0.375 e. The Morgan fingerprint density at radius 3 is 2.41 bits per heavy atom. The lowest BCUT2D eigenvalue weighted by molar-refractivity contribution is -0.165. The third kappa shape index (κ3) is 5.17. The van der Waals surface area contributed by atoms with Crippen LogP contribution in [0.5, 0.6) is 0 Å². The Kier molecular flexibility index (Phi) is 7.45. The zero-order valence-corrected chi connectivity index (χ0v) is 11.2. The monoisotopic (exact) mass is 242 g/mol. The minimum atomic E-state index is -0.273. The molecule has 2 unspecified atom stereocenters. The summed E-state index contributed by atoms with van der Waals surface area (Å²) >= 11 is 0. The zero-order valence-electron chi connectivity index (χ0n) is 11.2. The molecular formula is C14H26O3. The van der Waals surface area contributed by atoms with Gasteiger partial charge in [0.2, 0.25) is 0 Å². The lowest BCUT2D eigenvalue weighted by atomic mass is 9.90. The number of carbonyl (C=O) groups is 1. The van der Waals surface area contributed by atoms with Gasteiger partial charge in [0.25, 0.3) is 0 Å². The Balaban J connectivity index is 2.01. The molecule has 1 saturated carbocycles. The Labute approximate surface area is 105 Å². The van der Waals surface area contributed by atoms with Gasteiger partial charge in [-0.25, -0.2) is 0 Å². The van der Waals surface area contributed by atoms with Crippen LogP contribution >= 0.6 is 0 Å². The number of hydrogen-bond donors (Lipinski definition) is 0. The quantitative estimate of drug-likeness (QED) is 0.552. The summed E-state index contributed by atoms with van der Waals surface area (Å²) in [5, 5.41) is 0. The Bertz CT molecular complexity index is 216. The van der Waals surface area contributed by atoms with E-state index < -0.39 is 0 Å². The second kappa shape index (κ2) is 8.65. The largest absolute Gasteiger partial charge is 0.375 e. The first-order valence-corrected chi connectivity index (χ1v) is 7.05. The minimum absolute atomic E-state index is 0.0280. The van der Waals surface area contributed by atoms with Crippen LogP contribution in [0.1, 0.15) is 58.8 Å². The van der Waals surface area contributed by atoms with Gasteiger partial charge in [0.15, 0.2) is 5.78 Å². The number of carbonyl (C=O) groups excluding carboxylic acids is 1. The van der Waals surface area contributed by atoms with Gasteiger partial charge >= 0.3 is 0 Å². The van der Waals surface area contributed by atoms with E-state index in [2.05, 4.69) is 6.92 Å². The molecule has 0 N–H and O–H groups in total. The highest BCUT2D eigenvalue weighted by atomic mass is 16.5. The van der Waals surface area contributed by atoms with E-state index in [1.807, 2.05) is 6.92 Å². The first kappa shape index (κ1) is 14.7. The SMILES string of the molecule is CCCCCCCOC1CC(=O)C1OCCC. The standard InChI is InChI=1S/C14H26O3/c1-3-5-6-7-8-10-16-13-11-12(15)14(13)17-9-4-2/h13-14H,3-11H2,1-2H3. The average molecular weight is 242 g/mol. The van der Waals surface area contributed by atoms with Gasteiger partial charge < -0.3 is 9.47 Å². The van der Waals surface area contributed by atoms with Crippen LogP contribution in [0.15, 0.2) is 0 Å². The Morgan fingerprint density at radius 2 is 1.76 bits per heavy atom. The van der Waals surface area contributed by atoms with Crippen LogP contribution in [0.25, 0.3) is 0 Å². The summed E-state index contributed by atoms with van der Waals surface area (Å²) in [5.41, 5.74) is 0. The van der Waals surface area contributed by atoms with E-state index >= 15 is 0 Å². The van der Waals surface area contributed by atoms with Crippen molar-refractivity contribution in [3.63, 3.8) is 0 Å². The van der Waals surface area contributed by atoms with E-state index in [4.69, 9.17) is 9.47 Å². The van der Waals surface area contributed by atoms with E-state index in [1.54, 1.807) is 0 Å². The molecule has 0 bridgehead atoms. The van der Waals surface area contributed by atoms with E-state index in [0.717, 1.165) is 19.4 Å². The summed E-state index contributed by atoms with van der Waals surface area (Å²) in [4.78, 5) is 11.3. The fourth-order valence-electron chi connectivity index (χ4n) is 2.00. The molecule has 1 aliphatic carbocycles. The fourth-order valence-corrected chi connectivity index (χ4v) is 2.00. The Morgan fingerprint density at radius 1 is 1.00 bits per heavy atom. The molecule has 1 fully saturated rings. The number of ether oxygens (including phenoxy) is 2. The van der Waals surface area contributed by atoms with Gasteiger partial charge in [-0.1, -0.05) is 39.5 Å². The van der Waals surface area contributed by atoms with Gasteiger partial charge in [0, 0.05) is 19.6 Å². The summed E-state index contributed by atoms with van der Waals surface area (Å²) in [7, 11) is 0. The van der Waals surface area contributed by atoms with Crippen LogP contribution in [-0.2, 0) is 14.3 Å². The highest BCUT2D eigenvalue weighted by molar-refractivity contribution is 5.90. The summed E-state index contributed by atoms with van der Waals surface area (Å²) in [5.74, 6) is 0.203. The molecule has 0 heterocycles. The van der Waals surface area contributed by atoms with E-state index in [-0.39, 0.29) is 18.0 Å². The first-order chi connectivity index (χ1) is 8.29. The van der Waals surface area contributed by atoms with E-state index in [1.165, 1.54) is 25.7 Å². The van der Waals surface area contributed by atoms with Gasteiger partial charge in [-0.05, 0) is 12.8 Å². The van der Waals surface area contributed by atoms with Crippen molar-refractivity contribution < 1.29 is 14.3 Å². The van der Waals surface area contributed by atoms with Crippen molar-refractivity contribution in [3.05, 3.63) is 0 Å². The molecule has 1 rings (SSSR count). The molecule has 100 valence electrons. The van der Waals surface area contributed by atoms with Crippen LogP contribution in [-0.4, -0.2) is 31.2 Å². The highest BCUT2D eigenvalue weighted by Gasteiger charge is 2.41. The average Bonchev–Trinajstić information content (AvgIpc) is 2.32. The molecule has 0 amide bonds. The molecular weight excluding hydrogens is 216 g/mol. The predicted molar refractivity (Wildman–Crippen MR) is 68.2 cm³/mol. The number of unbranched alkanes of at least 4 members (excludes halogenated alkanes) is 4. The number of ketones is 1. The maximum Gasteiger partial charge on any atom is 0.166 e. The van der Waals surface area contributed by atoms with Crippen LogP contribution in [0.3, 0.4) is 0 Å². The summed E-state index contributed by atoms with van der Waals surface area (Å²) in [6.45, 7) is 5.69. The van der Waals surface area contributed by atoms with Crippen molar-refractivity contribution in [3.8, 4) is 0 Å². The zero-order chi connectivity index (χ0) is 12.5. The lowest BCUT2D eigenvalue weighted by Gasteiger charge is -2.34. The van der Waals surface area contributed by atoms with Gasteiger partial charge in [-0.2, -0.15) is 0 Å². The van der Waals surface area contributed by atoms with Crippen molar-refractivity contribution in [2.45, 2.75) is 71.0 Å². The number of hydrogen-bond acceptors (Lipinski definition) is 3. The third-order valence-electron chi connectivity index (χ3n) is 3.14. The molecule has 0 aromatic heterocycles. The van der Waals surface area contributed by atoms with Crippen molar-refractivity contribution >= 4 is 5.78 Å². The van der Waals surface area contributed by atoms with Crippen LogP contribution < -0.4 is 0 Å². The molecule has 2 atom stereocenters. The maximum atomic E-state index is 11.3. The summed E-state index contributed by atoms with van der Waals surface area (Å²) < 4.78 is 11.2. The molecule has 3 nitrogen and oxygen atoms in total. The molecule has 0 radical (unpaired) electrons. The number of rotatable bonds is 10. The highest BCUT2D eigenvalue weighted by Crippen LogP contribution is 2.23. The van der Waals surface area contributed by atoms with Gasteiger partial charge in [0.05, 0.1) is 6.10 Å². The first-order valence-electron chi connectivity index (χ1n) is 7.05. The second-order valence-corrected chi connectivity index (χ2v) is 4.79. The molecule has 0 aliphatic heterocycles. The lowest BCUT2D eigenvalue weighted by Crippen LogP contribution is -2.50. The molecule has 0 aromatic rings. The molecule has 0 spiro atoms. The Hall–Kier alpha value is -0.410. The smallest absolute Gasteiger partial charge is 0.166 e. The topological polar surface area (TPSA) is 35.5 Å². The van der Waals surface area contributed by atoms with Crippen molar-refractivity contribution in [1.82, 2.24) is 0 Å². The van der Waals surface area contributed by atoms with E-state index in [9.17, 15) is 4.79 Å². The fraction of sp³-hybridized carbons (Fsp3) is 0.929. The molecule has 1 aliphatic rings. The van der Waals surface area contributed by atoms with Crippen molar-refractivity contribution in [2.75, 3.05) is 13.2 Å². The third-order valence-corrected chi connectivity index (χ3v) is 3.14. The second-order valence-electron chi connectivity index (χ2n) is 4.79. The molecule has 0 saturated heterocycles. The predicted octanol–water partition coefficient (Wildman–Crippen LogP) is 3.11. The normalized spacial score (nSPS) is 23.8. The number of Topliss-reactive ketones (excluding diaryl/α,β-unsaturated/α-hetero) is 1. The van der Waals surface area contributed by atoms with Gasteiger partial charge in [-0.3, -0.25) is 4.79 Å².